The molecule has 1 saturated carbocycles. The third kappa shape index (κ3) is 2.87. The minimum absolute atomic E-state index is 0.0603. The lowest BCUT2D eigenvalue weighted by atomic mass is 10.0. The van der Waals surface area contributed by atoms with E-state index in [1.165, 1.54) is 0 Å². The summed E-state index contributed by atoms with van der Waals surface area (Å²) in [6.07, 6.45) is 0. The number of carbonyl (C=O) groups excluding carboxylic acids is 1. The minimum Gasteiger partial charge on any atom is -0.497 e. The normalized spacial score (nSPS) is 20.3. The number of hydrogen-bond donors (Lipinski definition) is 1. The second-order valence-electron chi connectivity index (χ2n) is 7.21. The van der Waals surface area contributed by atoms with Crippen LogP contribution in [0.5, 0.6) is 17.2 Å². The molecule has 5 nitrogen and oxygen atoms in total. The zero-order chi connectivity index (χ0) is 19.1. The fraction of sp³-hybridized carbons (Fsp3) is 0.381. The number of Topliss-reactive ketones (excluding diaryl/α,β-unsaturated/α-hetero) is 1. The molecule has 1 aliphatic rings. The van der Waals surface area contributed by atoms with Crippen molar-refractivity contribution in [3.05, 3.63) is 47.5 Å². The van der Waals surface area contributed by atoms with Gasteiger partial charge in [0.1, 0.15) is 17.2 Å². The van der Waals surface area contributed by atoms with Gasteiger partial charge >= 0.3 is 0 Å². The van der Waals surface area contributed by atoms with E-state index >= 15 is 0 Å². The number of benzene rings is 2. The van der Waals surface area contributed by atoms with E-state index in [0.29, 0.717) is 28.5 Å². The number of methoxy groups -OCH3 is 3. The fourth-order valence-corrected chi connectivity index (χ4v) is 3.87. The third-order valence-electron chi connectivity index (χ3n) is 5.39. The lowest BCUT2D eigenvalue weighted by Gasteiger charge is -2.10. The van der Waals surface area contributed by atoms with Crippen molar-refractivity contribution in [2.45, 2.75) is 19.8 Å². The molecule has 0 amide bonds. The highest BCUT2D eigenvalue weighted by atomic mass is 16.5. The minimum atomic E-state index is -0.161. The van der Waals surface area contributed by atoms with Crippen LogP contribution in [0.4, 0.5) is 5.69 Å². The molecule has 0 heterocycles. The Hall–Kier alpha value is -2.69. The van der Waals surface area contributed by atoms with Gasteiger partial charge in [0.05, 0.1) is 32.6 Å². The zero-order valence-corrected chi connectivity index (χ0v) is 15.8. The van der Waals surface area contributed by atoms with Gasteiger partial charge in [0.15, 0.2) is 5.78 Å². The lowest BCUT2D eigenvalue weighted by molar-refractivity contribution is 0.0948. The number of nitrogen functional groups attached to an aromatic ring is 1. The average molecular weight is 355 g/mol. The molecule has 0 aromatic heterocycles. The zero-order valence-electron chi connectivity index (χ0n) is 15.8. The molecule has 2 unspecified atom stereocenters. The van der Waals surface area contributed by atoms with E-state index in [4.69, 9.17) is 19.9 Å². The number of ketones is 1. The Bertz CT molecular complexity index is 844. The molecule has 2 aromatic carbocycles. The predicted molar refractivity (Wildman–Crippen MR) is 101 cm³/mol. The lowest BCUT2D eigenvalue weighted by Crippen LogP contribution is -2.09. The summed E-state index contributed by atoms with van der Waals surface area (Å²) >= 11 is 0. The van der Waals surface area contributed by atoms with Crippen LogP contribution in [-0.4, -0.2) is 27.1 Å². The van der Waals surface area contributed by atoms with Gasteiger partial charge in [-0.2, -0.15) is 0 Å². The smallest absolute Gasteiger partial charge is 0.170 e. The number of carbonyl (C=O) groups is 1. The van der Waals surface area contributed by atoms with Gasteiger partial charge < -0.3 is 19.9 Å². The summed E-state index contributed by atoms with van der Waals surface area (Å²) in [6, 6.07) is 11.0. The van der Waals surface area contributed by atoms with Crippen molar-refractivity contribution in [3.8, 4) is 17.2 Å². The Morgan fingerprint density at radius 3 is 2.19 bits per heavy atom. The molecule has 2 atom stereocenters. The first-order chi connectivity index (χ1) is 12.3. The van der Waals surface area contributed by atoms with E-state index in [1.54, 1.807) is 39.5 Å². The number of anilines is 1. The maximum absolute atomic E-state index is 13.3. The highest BCUT2D eigenvalue weighted by Gasteiger charge is 2.62. The molecule has 0 saturated heterocycles. The molecule has 1 fully saturated rings. The van der Waals surface area contributed by atoms with Crippen LogP contribution >= 0.6 is 0 Å². The Morgan fingerprint density at radius 1 is 0.962 bits per heavy atom. The van der Waals surface area contributed by atoms with Crippen LogP contribution in [0.25, 0.3) is 0 Å². The summed E-state index contributed by atoms with van der Waals surface area (Å²) in [4.78, 5) is 13.3. The highest BCUT2D eigenvalue weighted by molar-refractivity contribution is 6.04. The number of rotatable bonds is 6. The second kappa shape index (κ2) is 6.56. The Morgan fingerprint density at radius 2 is 1.62 bits per heavy atom. The topological polar surface area (TPSA) is 70.8 Å². The average Bonchev–Trinajstić information content (AvgIpc) is 3.22. The van der Waals surface area contributed by atoms with Gasteiger partial charge in [0, 0.05) is 11.8 Å². The van der Waals surface area contributed by atoms with Crippen molar-refractivity contribution in [2.24, 2.45) is 11.3 Å². The Balaban J connectivity index is 1.95. The van der Waals surface area contributed by atoms with Crippen LogP contribution in [0, 0.1) is 11.3 Å². The molecule has 2 N–H and O–H groups in total. The Labute approximate surface area is 154 Å². The van der Waals surface area contributed by atoms with Crippen molar-refractivity contribution in [2.75, 3.05) is 27.1 Å². The second-order valence-corrected chi connectivity index (χ2v) is 7.21. The SMILES string of the molecule is COc1ccc(OC)c(C(=O)C2C(c3ccc(OC)c(N)c3)C2(C)C)c1. The fourth-order valence-electron chi connectivity index (χ4n) is 3.87. The summed E-state index contributed by atoms with van der Waals surface area (Å²) in [5.74, 6) is 1.86. The predicted octanol–water partition coefficient (Wildman–Crippen LogP) is 3.92. The monoisotopic (exact) mass is 355 g/mol. The first kappa shape index (κ1) is 18.1. The summed E-state index contributed by atoms with van der Waals surface area (Å²) in [5, 5.41) is 0. The van der Waals surface area contributed by atoms with Gasteiger partial charge in [0.25, 0.3) is 0 Å². The van der Waals surface area contributed by atoms with Crippen molar-refractivity contribution < 1.29 is 19.0 Å². The molecule has 0 aliphatic heterocycles. The van der Waals surface area contributed by atoms with E-state index in [9.17, 15) is 4.79 Å². The third-order valence-corrected chi connectivity index (χ3v) is 5.39. The maximum atomic E-state index is 13.3. The van der Waals surface area contributed by atoms with Crippen LogP contribution in [-0.2, 0) is 0 Å². The summed E-state index contributed by atoms with van der Waals surface area (Å²) in [7, 11) is 4.74. The van der Waals surface area contributed by atoms with E-state index in [-0.39, 0.29) is 23.0 Å². The largest absolute Gasteiger partial charge is 0.497 e. The van der Waals surface area contributed by atoms with Crippen LogP contribution < -0.4 is 19.9 Å². The molecule has 26 heavy (non-hydrogen) atoms. The van der Waals surface area contributed by atoms with Gasteiger partial charge in [0.2, 0.25) is 0 Å². The number of nitrogens with two attached hydrogens (primary N) is 1. The molecule has 3 rings (SSSR count). The van der Waals surface area contributed by atoms with E-state index in [1.807, 2.05) is 18.2 Å². The standard InChI is InChI=1S/C21H25NO4/c1-21(2)18(12-6-8-17(26-5)15(22)10-12)19(21)20(23)14-11-13(24-3)7-9-16(14)25-4/h6-11,18-19H,22H2,1-5H3. The van der Waals surface area contributed by atoms with Crippen molar-refractivity contribution in [1.82, 2.24) is 0 Å². The van der Waals surface area contributed by atoms with Crippen molar-refractivity contribution >= 4 is 11.5 Å². The molecule has 2 aromatic rings. The molecular formula is C21H25NO4. The number of ether oxygens (including phenoxy) is 3. The number of hydrogen-bond acceptors (Lipinski definition) is 5. The van der Waals surface area contributed by atoms with E-state index in [2.05, 4.69) is 13.8 Å². The van der Waals surface area contributed by atoms with Crippen LogP contribution in [0.2, 0.25) is 0 Å². The van der Waals surface area contributed by atoms with Crippen molar-refractivity contribution in [3.63, 3.8) is 0 Å². The summed E-state index contributed by atoms with van der Waals surface area (Å²) in [5.41, 5.74) is 8.08. The molecule has 0 radical (unpaired) electrons. The molecule has 0 bridgehead atoms. The van der Waals surface area contributed by atoms with E-state index in [0.717, 1.165) is 5.56 Å². The molecule has 0 spiro atoms. The van der Waals surface area contributed by atoms with Gasteiger partial charge in [-0.25, -0.2) is 0 Å². The van der Waals surface area contributed by atoms with Crippen molar-refractivity contribution in [1.29, 1.82) is 0 Å². The molecule has 5 heteroatoms. The molecule has 138 valence electrons. The van der Waals surface area contributed by atoms with Crippen LogP contribution in [0.15, 0.2) is 36.4 Å². The first-order valence-corrected chi connectivity index (χ1v) is 8.54. The summed E-state index contributed by atoms with van der Waals surface area (Å²) in [6.45, 7) is 4.21. The van der Waals surface area contributed by atoms with E-state index < -0.39 is 0 Å². The molecular weight excluding hydrogens is 330 g/mol. The maximum Gasteiger partial charge on any atom is 0.170 e. The van der Waals surface area contributed by atoms with Crippen LogP contribution in [0.3, 0.4) is 0 Å². The quantitative estimate of drug-likeness (QED) is 0.628. The van der Waals surface area contributed by atoms with Crippen LogP contribution in [0.1, 0.15) is 35.7 Å². The first-order valence-electron chi connectivity index (χ1n) is 8.54. The van der Waals surface area contributed by atoms with Gasteiger partial charge in [-0.3, -0.25) is 4.79 Å². The highest BCUT2D eigenvalue weighted by Crippen LogP contribution is 2.66. The molecule has 1 aliphatic carbocycles. The van der Waals surface area contributed by atoms with Gasteiger partial charge in [-0.15, -0.1) is 0 Å². The summed E-state index contributed by atoms with van der Waals surface area (Å²) < 4.78 is 15.9. The van der Waals surface area contributed by atoms with Gasteiger partial charge in [-0.1, -0.05) is 19.9 Å². The Kier molecular flexibility index (Phi) is 4.57. The van der Waals surface area contributed by atoms with Gasteiger partial charge in [-0.05, 0) is 41.3 Å².